The standard InChI is InChI=1S/C21H20ClN3O2/c1-27-19-5-3-2-4-16(19)13-23-20-11-8-17(14-24-20)21(26)25-12-15-6-9-18(22)10-7-15/h2-11,14H,12-13H2,1H3,(H,23,24)(H,25,26). The van der Waals surface area contributed by atoms with Crippen LogP contribution in [-0.4, -0.2) is 18.0 Å². The summed E-state index contributed by atoms with van der Waals surface area (Å²) >= 11 is 5.86. The monoisotopic (exact) mass is 381 g/mol. The molecule has 6 heteroatoms. The van der Waals surface area contributed by atoms with Crippen LogP contribution < -0.4 is 15.4 Å². The number of nitrogens with one attached hydrogen (secondary N) is 2. The van der Waals surface area contributed by atoms with Crippen molar-refractivity contribution in [3.8, 4) is 5.75 Å². The lowest BCUT2D eigenvalue weighted by atomic mass is 10.2. The molecule has 0 aliphatic heterocycles. The van der Waals surface area contributed by atoms with E-state index in [2.05, 4.69) is 15.6 Å². The number of pyridine rings is 1. The summed E-state index contributed by atoms with van der Waals surface area (Å²) in [6, 6.07) is 18.7. The van der Waals surface area contributed by atoms with E-state index in [0.717, 1.165) is 16.9 Å². The van der Waals surface area contributed by atoms with Crippen LogP contribution in [0, 0.1) is 0 Å². The molecule has 0 aliphatic rings. The van der Waals surface area contributed by atoms with Crippen molar-refractivity contribution in [2.75, 3.05) is 12.4 Å². The molecular weight excluding hydrogens is 362 g/mol. The van der Waals surface area contributed by atoms with Crippen LogP contribution in [0.1, 0.15) is 21.5 Å². The minimum Gasteiger partial charge on any atom is -0.496 e. The first-order valence-electron chi connectivity index (χ1n) is 8.50. The Kier molecular flexibility index (Phi) is 6.28. The highest BCUT2D eigenvalue weighted by atomic mass is 35.5. The number of para-hydroxylation sites is 1. The molecule has 5 nitrogen and oxygen atoms in total. The van der Waals surface area contributed by atoms with Gasteiger partial charge in [0.1, 0.15) is 11.6 Å². The number of methoxy groups -OCH3 is 1. The third kappa shape index (κ3) is 5.21. The van der Waals surface area contributed by atoms with Crippen molar-refractivity contribution in [2.45, 2.75) is 13.1 Å². The van der Waals surface area contributed by atoms with Gasteiger partial charge < -0.3 is 15.4 Å². The maximum absolute atomic E-state index is 12.2. The molecule has 1 heterocycles. The largest absolute Gasteiger partial charge is 0.496 e. The zero-order chi connectivity index (χ0) is 19.1. The van der Waals surface area contributed by atoms with Gasteiger partial charge in [-0.1, -0.05) is 41.9 Å². The second-order valence-electron chi connectivity index (χ2n) is 5.91. The molecule has 0 aliphatic carbocycles. The van der Waals surface area contributed by atoms with Gasteiger partial charge in [0.25, 0.3) is 5.91 Å². The molecule has 0 unspecified atom stereocenters. The molecule has 0 fully saturated rings. The van der Waals surface area contributed by atoms with Gasteiger partial charge in [-0.05, 0) is 35.9 Å². The number of carbonyl (C=O) groups excluding carboxylic acids is 1. The Morgan fingerprint density at radius 2 is 1.81 bits per heavy atom. The van der Waals surface area contributed by atoms with E-state index >= 15 is 0 Å². The number of hydrogen-bond donors (Lipinski definition) is 2. The number of aromatic nitrogens is 1. The lowest BCUT2D eigenvalue weighted by molar-refractivity contribution is 0.0950. The van der Waals surface area contributed by atoms with Crippen molar-refractivity contribution in [3.05, 3.63) is 88.6 Å². The van der Waals surface area contributed by atoms with Gasteiger partial charge in [-0.15, -0.1) is 0 Å². The molecular formula is C21H20ClN3O2. The first kappa shape index (κ1) is 18.7. The Bertz CT molecular complexity index is 896. The molecule has 138 valence electrons. The van der Waals surface area contributed by atoms with E-state index in [0.29, 0.717) is 29.5 Å². The second kappa shape index (κ2) is 9.05. The van der Waals surface area contributed by atoms with E-state index in [-0.39, 0.29) is 5.91 Å². The topological polar surface area (TPSA) is 63.2 Å². The summed E-state index contributed by atoms with van der Waals surface area (Å²) < 4.78 is 5.33. The van der Waals surface area contributed by atoms with Crippen LogP contribution in [0.3, 0.4) is 0 Å². The summed E-state index contributed by atoms with van der Waals surface area (Å²) in [6.07, 6.45) is 1.56. The Morgan fingerprint density at radius 3 is 2.52 bits per heavy atom. The van der Waals surface area contributed by atoms with E-state index in [4.69, 9.17) is 16.3 Å². The van der Waals surface area contributed by atoms with Crippen LogP contribution in [0.4, 0.5) is 5.82 Å². The van der Waals surface area contributed by atoms with Crippen LogP contribution in [0.5, 0.6) is 5.75 Å². The normalized spacial score (nSPS) is 10.3. The molecule has 1 amide bonds. The van der Waals surface area contributed by atoms with Crippen LogP contribution >= 0.6 is 11.6 Å². The van der Waals surface area contributed by atoms with E-state index in [1.54, 1.807) is 37.6 Å². The van der Waals surface area contributed by atoms with E-state index in [1.807, 2.05) is 36.4 Å². The van der Waals surface area contributed by atoms with E-state index in [1.165, 1.54) is 0 Å². The molecule has 3 aromatic rings. The quantitative estimate of drug-likeness (QED) is 0.641. The molecule has 3 rings (SSSR count). The summed E-state index contributed by atoms with van der Waals surface area (Å²) in [7, 11) is 1.65. The van der Waals surface area contributed by atoms with Gasteiger partial charge in [0.2, 0.25) is 0 Å². The van der Waals surface area contributed by atoms with Gasteiger partial charge in [-0.2, -0.15) is 0 Å². The van der Waals surface area contributed by atoms with Gasteiger partial charge in [0.05, 0.1) is 12.7 Å². The summed E-state index contributed by atoms with van der Waals surface area (Å²) in [4.78, 5) is 16.6. The second-order valence-corrected chi connectivity index (χ2v) is 6.34. The predicted octanol–water partition coefficient (Wildman–Crippen LogP) is 4.29. The highest BCUT2D eigenvalue weighted by Crippen LogP contribution is 2.18. The van der Waals surface area contributed by atoms with E-state index in [9.17, 15) is 4.79 Å². The molecule has 2 N–H and O–H groups in total. The molecule has 0 saturated carbocycles. The SMILES string of the molecule is COc1ccccc1CNc1ccc(C(=O)NCc2ccc(Cl)cc2)cn1. The van der Waals surface area contributed by atoms with Crippen molar-refractivity contribution in [2.24, 2.45) is 0 Å². The molecule has 0 bridgehead atoms. The highest BCUT2D eigenvalue weighted by molar-refractivity contribution is 6.30. The summed E-state index contributed by atoms with van der Waals surface area (Å²) in [5.41, 5.74) is 2.52. The van der Waals surface area contributed by atoms with Gasteiger partial charge in [0.15, 0.2) is 0 Å². The average Bonchev–Trinajstić information content (AvgIpc) is 2.72. The van der Waals surface area contributed by atoms with Crippen LogP contribution in [0.25, 0.3) is 0 Å². The lowest BCUT2D eigenvalue weighted by Gasteiger charge is -2.10. The number of carbonyl (C=O) groups is 1. The number of ether oxygens (including phenoxy) is 1. The molecule has 0 radical (unpaired) electrons. The number of halogens is 1. The summed E-state index contributed by atoms with van der Waals surface area (Å²) in [5.74, 6) is 1.34. The summed E-state index contributed by atoms with van der Waals surface area (Å²) in [5, 5.41) is 6.77. The molecule has 1 aromatic heterocycles. The molecule has 0 atom stereocenters. The Labute approximate surface area is 163 Å². The smallest absolute Gasteiger partial charge is 0.253 e. The van der Waals surface area contributed by atoms with Gasteiger partial charge in [-0.3, -0.25) is 4.79 Å². The van der Waals surface area contributed by atoms with Crippen molar-refractivity contribution < 1.29 is 9.53 Å². The average molecular weight is 382 g/mol. The number of benzene rings is 2. The third-order valence-corrected chi connectivity index (χ3v) is 4.30. The fourth-order valence-electron chi connectivity index (χ4n) is 2.55. The minimum absolute atomic E-state index is 0.172. The van der Waals surface area contributed by atoms with Crippen LogP contribution in [-0.2, 0) is 13.1 Å². The number of anilines is 1. The molecule has 27 heavy (non-hydrogen) atoms. The zero-order valence-electron chi connectivity index (χ0n) is 14.9. The molecule has 0 saturated heterocycles. The highest BCUT2D eigenvalue weighted by Gasteiger charge is 2.07. The Balaban J connectivity index is 1.54. The van der Waals surface area contributed by atoms with Gasteiger partial charge in [0, 0.05) is 29.9 Å². The Morgan fingerprint density at radius 1 is 1.04 bits per heavy atom. The predicted molar refractivity (Wildman–Crippen MR) is 107 cm³/mol. The third-order valence-electron chi connectivity index (χ3n) is 4.04. The van der Waals surface area contributed by atoms with Gasteiger partial charge >= 0.3 is 0 Å². The first-order valence-corrected chi connectivity index (χ1v) is 8.88. The fraction of sp³-hybridized carbons (Fsp3) is 0.143. The molecule has 2 aromatic carbocycles. The van der Waals surface area contributed by atoms with Crippen molar-refractivity contribution in [3.63, 3.8) is 0 Å². The minimum atomic E-state index is -0.172. The lowest BCUT2D eigenvalue weighted by Crippen LogP contribution is -2.22. The maximum atomic E-state index is 12.2. The first-order chi connectivity index (χ1) is 13.2. The van der Waals surface area contributed by atoms with Crippen molar-refractivity contribution in [1.29, 1.82) is 0 Å². The zero-order valence-corrected chi connectivity index (χ0v) is 15.7. The number of amides is 1. The number of rotatable bonds is 7. The number of hydrogen-bond acceptors (Lipinski definition) is 4. The van der Waals surface area contributed by atoms with Crippen molar-refractivity contribution >= 4 is 23.3 Å². The summed E-state index contributed by atoms with van der Waals surface area (Å²) in [6.45, 7) is 1.02. The van der Waals surface area contributed by atoms with Crippen molar-refractivity contribution in [1.82, 2.24) is 10.3 Å². The fourth-order valence-corrected chi connectivity index (χ4v) is 2.68. The van der Waals surface area contributed by atoms with E-state index < -0.39 is 0 Å². The Hall–Kier alpha value is -3.05. The van der Waals surface area contributed by atoms with Crippen LogP contribution in [0.2, 0.25) is 5.02 Å². The number of nitrogens with zero attached hydrogens (tertiary/aromatic N) is 1. The van der Waals surface area contributed by atoms with Crippen LogP contribution in [0.15, 0.2) is 66.9 Å². The van der Waals surface area contributed by atoms with Gasteiger partial charge in [-0.25, -0.2) is 4.98 Å². The molecule has 0 spiro atoms. The maximum Gasteiger partial charge on any atom is 0.253 e.